The number of ether oxygens (including phenoxy) is 2. The van der Waals surface area contributed by atoms with Gasteiger partial charge in [-0.2, -0.15) is 0 Å². The summed E-state index contributed by atoms with van der Waals surface area (Å²) >= 11 is 0. The average molecular weight is 318 g/mol. The lowest BCUT2D eigenvalue weighted by Gasteiger charge is -2.39. The van der Waals surface area contributed by atoms with Crippen LogP contribution in [-0.2, 0) is 0 Å². The maximum absolute atomic E-state index is 5.47. The van der Waals surface area contributed by atoms with Crippen molar-refractivity contribution in [2.24, 2.45) is 0 Å². The van der Waals surface area contributed by atoms with Gasteiger partial charge in [0.25, 0.3) is 0 Å². The summed E-state index contributed by atoms with van der Waals surface area (Å²) in [5, 5.41) is 3.67. The number of anilines is 1. The minimum Gasteiger partial charge on any atom is -0.497 e. The van der Waals surface area contributed by atoms with Crippen molar-refractivity contribution in [1.29, 1.82) is 0 Å². The van der Waals surface area contributed by atoms with Crippen LogP contribution in [0, 0.1) is 0 Å². The van der Waals surface area contributed by atoms with Crippen LogP contribution >= 0.6 is 0 Å². The molecule has 4 heteroatoms. The Morgan fingerprint density at radius 2 is 1.70 bits per heavy atom. The molecule has 2 fully saturated rings. The third-order valence-electron chi connectivity index (χ3n) is 5.39. The zero-order valence-electron chi connectivity index (χ0n) is 14.5. The van der Waals surface area contributed by atoms with Gasteiger partial charge in [0.1, 0.15) is 11.5 Å². The Bertz CT molecular complexity index is 492. The van der Waals surface area contributed by atoms with Crippen molar-refractivity contribution in [3.05, 3.63) is 18.2 Å². The first-order valence-electron chi connectivity index (χ1n) is 9.03. The molecular formula is C19H30N2O2. The van der Waals surface area contributed by atoms with Crippen molar-refractivity contribution >= 4 is 5.69 Å². The van der Waals surface area contributed by atoms with Gasteiger partial charge in [0.05, 0.1) is 19.9 Å². The molecule has 1 saturated heterocycles. The standard InChI is InChI=1S/C19H30N2O2/c1-22-17-8-9-19(23-2)18(14-17)20-15-10-12-21(13-11-15)16-6-4-3-5-7-16/h8-9,14-16,20H,3-7,10-13H2,1-2H3. The summed E-state index contributed by atoms with van der Waals surface area (Å²) in [5.41, 5.74) is 1.04. The van der Waals surface area contributed by atoms with Gasteiger partial charge in [-0.05, 0) is 37.8 Å². The van der Waals surface area contributed by atoms with E-state index in [1.807, 2.05) is 18.2 Å². The molecule has 0 unspecified atom stereocenters. The van der Waals surface area contributed by atoms with Crippen LogP contribution in [0.2, 0.25) is 0 Å². The Morgan fingerprint density at radius 3 is 2.35 bits per heavy atom. The molecule has 0 amide bonds. The van der Waals surface area contributed by atoms with Crippen LogP contribution in [0.4, 0.5) is 5.69 Å². The largest absolute Gasteiger partial charge is 0.497 e. The lowest BCUT2D eigenvalue weighted by atomic mass is 9.92. The lowest BCUT2D eigenvalue weighted by molar-refractivity contribution is 0.126. The van der Waals surface area contributed by atoms with Crippen molar-refractivity contribution in [2.45, 2.75) is 57.0 Å². The smallest absolute Gasteiger partial charge is 0.142 e. The molecule has 1 heterocycles. The summed E-state index contributed by atoms with van der Waals surface area (Å²) in [4.78, 5) is 2.72. The van der Waals surface area contributed by atoms with Crippen molar-refractivity contribution in [3.63, 3.8) is 0 Å². The molecule has 0 bridgehead atoms. The van der Waals surface area contributed by atoms with E-state index in [9.17, 15) is 0 Å². The van der Waals surface area contributed by atoms with Crippen molar-refractivity contribution < 1.29 is 9.47 Å². The number of hydrogen-bond donors (Lipinski definition) is 1. The van der Waals surface area contributed by atoms with Crippen LogP contribution < -0.4 is 14.8 Å². The minimum absolute atomic E-state index is 0.524. The second kappa shape index (κ2) is 7.91. The Kier molecular flexibility index (Phi) is 5.65. The van der Waals surface area contributed by atoms with E-state index in [4.69, 9.17) is 9.47 Å². The van der Waals surface area contributed by atoms with E-state index in [0.29, 0.717) is 6.04 Å². The number of benzene rings is 1. The van der Waals surface area contributed by atoms with E-state index < -0.39 is 0 Å². The molecule has 128 valence electrons. The predicted molar refractivity (Wildman–Crippen MR) is 94.6 cm³/mol. The number of likely N-dealkylation sites (tertiary alicyclic amines) is 1. The van der Waals surface area contributed by atoms with E-state index in [1.165, 1.54) is 58.0 Å². The van der Waals surface area contributed by atoms with Gasteiger partial charge < -0.3 is 19.7 Å². The number of methoxy groups -OCH3 is 2. The Labute approximate surface area is 140 Å². The number of nitrogens with one attached hydrogen (secondary N) is 1. The van der Waals surface area contributed by atoms with E-state index in [2.05, 4.69) is 10.2 Å². The second-order valence-electron chi connectivity index (χ2n) is 6.81. The van der Waals surface area contributed by atoms with Gasteiger partial charge in [0.2, 0.25) is 0 Å². The summed E-state index contributed by atoms with van der Waals surface area (Å²) in [6, 6.07) is 7.31. The monoisotopic (exact) mass is 318 g/mol. The fraction of sp³-hybridized carbons (Fsp3) is 0.684. The third-order valence-corrected chi connectivity index (χ3v) is 5.39. The van der Waals surface area contributed by atoms with Gasteiger partial charge in [-0.25, -0.2) is 0 Å². The summed E-state index contributed by atoms with van der Waals surface area (Å²) in [5.74, 6) is 1.76. The molecule has 0 spiro atoms. The molecule has 4 nitrogen and oxygen atoms in total. The molecule has 0 radical (unpaired) electrons. The Morgan fingerprint density at radius 1 is 0.957 bits per heavy atom. The highest BCUT2D eigenvalue weighted by atomic mass is 16.5. The van der Waals surface area contributed by atoms with Crippen LogP contribution in [0.25, 0.3) is 0 Å². The van der Waals surface area contributed by atoms with Crippen molar-refractivity contribution in [2.75, 3.05) is 32.6 Å². The molecule has 1 aromatic rings. The Hall–Kier alpha value is -1.42. The predicted octanol–water partition coefficient (Wildman–Crippen LogP) is 3.91. The van der Waals surface area contributed by atoms with Crippen LogP contribution in [0.5, 0.6) is 11.5 Å². The molecule has 0 atom stereocenters. The maximum Gasteiger partial charge on any atom is 0.142 e. The molecule has 1 aliphatic carbocycles. The van der Waals surface area contributed by atoms with Gasteiger partial charge in [-0.3, -0.25) is 0 Å². The Balaban J connectivity index is 1.56. The molecule has 1 saturated carbocycles. The quantitative estimate of drug-likeness (QED) is 0.892. The minimum atomic E-state index is 0.524. The highest BCUT2D eigenvalue weighted by Crippen LogP contribution is 2.31. The first-order chi connectivity index (χ1) is 11.3. The number of hydrogen-bond acceptors (Lipinski definition) is 4. The number of nitrogens with zero attached hydrogens (tertiary/aromatic N) is 1. The fourth-order valence-corrected chi connectivity index (χ4v) is 4.00. The topological polar surface area (TPSA) is 33.7 Å². The van der Waals surface area contributed by atoms with Crippen molar-refractivity contribution in [3.8, 4) is 11.5 Å². The molecule has 0 aromatic heterocycles. The van der Waals surface area contributed by atoms with Crippen LogP contribution in [0.15, 0.2) is 18.2 Å². The average Bonchev–Trinajstić information content (AvgIpc) is 2.63. The van der Waals surface area contributed by atoms with Gasteiger partial charge in [0, 0.05) is 31.2 Å². The molecule has 3 rings (SSSR count). The van der Waals surface area contributed by atoms with Crippen LogP contribution in [0.1, 0.15) is 44.9 Å². The van der Waals surface area contributed by atoms with Crippen molar-refractivity contribution in [1.82, 2.24) is 4.90 Å². The third kappa shape index (κ3) is 4.11. The molecule has 1 aliphatic heterocycles. The summed E-state index contributed by atoms with van der Waals surface area (Å²) in [6.45, 7) is 2.43. The normalized spacial score (nSPS) is 21.1. The summed E-state index contributed by atoms with van der Waals surface area (Å²) < 4.78 is 10.8. The van der Waals surface area contributed by atoms with Gasteiger partial charge >= 0.3 is 0 Å². The van der Waals surface area contributed by atoms with E-state index >= 15 is 0 Å². The van der Waals surface area contributed by atoms with Crippen LogP contribution in [0.3, 0.4) is 0 Å². The fourth-order valence-electron chi connectivity index (χ4n) is 4.00. The summed E-state index contributed by atoms with van der Waals surface area (Å²) in [7, 11) is 3.42. The van der Waals surface area contributed by atoms with E-state index in [0.717, 1.165) is 23.2 Å². The molecular weight excluding hydrogens is 288 g/mol. The summed E-state index contributed by atoms with van der Waals surface area (Å²) in [6.07, 6.45) is 9.50. The van der Waals surface area contributed by atoms with E-state index in [-0.39, 0.29) is 0 Å². The van der Waals surface area contributed by atoms with E-state index in [1.54, 1.807) is 14.2 Å². The van der Waals surface area contributed by atoms with Gasteiger partial charge in [-0.15, -0.1) is 0 Å². The van der Waals surface area contributed by atoms with Gasteiger partial charge in [-0.1, -0.05) is 19.3 Å². The van der Waals surface area contributed by atoms with Gasteiger partial charge in [0.15, 0.2) is 0 Å². The molecule has 23 heavy (non-hydrogen) atoms. The first kappa shape index (κ1) is 16.4. The number of rotatable bonds is 5. The molecule has 1 N–H and O–H groups in total. The maximum atomic E-state index is 5.47. The SMILES string of the molecule is COc1ccc(OC)c(NC2CCN(C3CCCCC3)CC2)c1. The highest BCUT2D eigenvalue weighted by molar-refractivity contribution is 5.60. The zero-order chi connectivity index (χ0) is 16.1. The number of piperidine rings is 1. The zero-order valence-corrected chi connectivity index (χ0v) is 14.5. The van der Waals surface area contributed by atoms with Crippen LogP contribution in [-0.4, -0.2) is 44.3 Å². The second-order valence-corrected chi connectivity index (χ2v) is 6.81. The highest BCUT2D eigenvalue weighted by Gasteiger charge is 2.26. The molecule has 2 aliphatic rings. The lowest BCUT2D eigenvalue weighted by Crippen LogP contribution is -2.45. The first-order valence-corrected chi connectivity index (χ1v) is 9.03. The molecule has 1 aromatic carbocycles.